The third kappa shape index (κ3) is 4.71. The van der Waals surface area contributed by atoms with Gasteiger partial charge in [0.2, 0.25) is 5.95 Å². The Morgan fingerprint density at radius 1 is 0.963 bits per heavy atom. The maximum atomic E-state index is 12.5. The second kappa shape index (κ2) is 9.58. The van der Waals surface area contributed by atoms with Crippen molar-refractivity contribution in [2.24, 2.45) is 0 Å². The molecule has 5 nitrogen and oxygen atoms in total. The molecule has 5 heteroatoms. The van der Waals surface area contributed by atoms with Crippen LogP contribution in [0.2, 0.25) is 0 Å². The first-order valence-electron chi connectivity index (χ1n) is 10.5. The number of nitrogens with zero attached hydrogens (tertiary/aromatic N) is 2. The van der Waals surface area contributed by atoms with Crippen molar-refractivity contribution in [2.75, 3.05) is 5.73 Å². The maximum absolute atomic E-state index is 12.5. The minimum atomic E-state index is -0.152. The number of nitrogens with one attached hydrogen (secondary N) is 1. The zero-order valence-electron chi connectivity index (χ0n) is 16.5. The van der Waals surface area contributed by atoms with Crippen molar-refractivity contribution in [2.45, 2.75) is 77.7 Å². The molecular formula is C22H32N4O. The minimum absolute atomic E-state index is 0.152. The van der Waals surface area contributed by atoms with Crippen LogP contribution in [-0.4, -0.2) is 14.5 Å². The molecule has 0 aliphatic carbocycles. The Bertz CT molecular complexity index is 925. The summed E-state index contributed by atoms with van der Waals surface area (Å²) in [6.07, 6.45) is 13.0. The number of para-hydroxylation sites is 1. The number of aromatic nitrogens is 3. The lowest BCUT2D eigenvalue weighted by Crippen LogP contribution is -2.14. The van der Waals surface area contributed by atoms with E-state index in [0.29, 0.717) is 11.0 Å². The number of nitrogen functional groups attached to an aromatic ring is 1. The number of unbranched alkanes of at least 4 members (excludes halogenated alkanes) is 9. The monoisotopic (exact) mass is 368 g/mol. The van der Waals surface area contributed by atoms with Crippen LogP contribution < -0.4 is 11.3 Å². The number of benzene rings is 1. The van der Waals surface area contributed by atoms with Crippen LogP contribution in [0.3, 0.4) is 0 Å². The van der Waals surface area contributed by atoms with E-state index in [9.17, 15) is 4.79 Å². The lowest BCUT2D eigenvalue weighted by molar-refractivity contribution is 0.541. The number of anilines is 1. The van der Waals surface area contributed by atoms with Crippen molar-refractivity contribution in [3.63, 3.8) is 0 Å². The number of aromatic amines is 1. The third-order valence-corrected chi connectivity index (χ3v) is 5.37. The molecule has 2 aromatic heterocycles. The molecule has 146 valence electrons. The van der Waals surface area contributed by atoms with Crippen molar-refractivity contribution in [3.05, 3.63) is 34.6 Å². The van der Waals surface area contributed by atoms with Crippen LogP contribution in [-0.2, 0) is 6.54 Å². The normalized spacial score (nSPS) is 11.6. The number of hydrogen-bond donors (Lipinski definition) is 2. The van der Waals surface area contributed by atoms with Gasteiger partial charge in [0, 0.05) is 11.9 Å². The zero-order chi connectivity index (χ0) is 19.1. The Balaban J connectivity index is 1.58. The summed E-state index contributed by atoms with van der Waals surface area (Å²) in [6, 6.07) is 8.06. The Morgan fingerprint density at radius 3 is 2.30 bits per heavy atom. The third-order valence-electron chi connectivity index (χ3n) is 5.37. The summed E-state index contributed by atoms with van der Waals surface area (Å²) in [5.74, 6) is 0.175. The fourth-order valence-electron chi connectivity index (χ4n) is 3.94. The zero-order valence-corrected chi connectivity index (χ0v) is 16.5. The lowest BCUT2D eigenvalue weighted by Gasteiger charge is -2.07. The molecule has 1 aromatic carbocycles. The molecule has 0 aliphatic heterocycles. The van der Waals surface area contributed by atoms with Crippen LogP contribution in [0.4, 0.5) is 5.95 Å². The van der Waals surface area contributed by atoms with Gasteiger partial charge in [-0.05, 0) is 12.5 Å². The van der Waals surface area contributed by atoms with Crippen molar-refractivity contribution in [3.8, 4) is 0 Å². The van der Waals surface area contributed by atoms with E-state index >= 15 is 0 Å². The largest absolute Gasteiger partial charge is 0.369 e. The van der Waals surface area contributed by atoms with E-state index in [1.807, 2.05) is 18.2 Å². The molecule has 0 saturated heterocycles. The number of aryl methyl sites for hydroxylation is 1. The van der Waals surface area contributed by atoms with Gasteiger partial charge in [-0.2, -0.15) is 0 Å². The summed E-state index contributed by atoms with van der Waals surface area (Å²) in [5.41, 5.74) is 8.01. The second-order valence-corrected chi connectivity index (χ2v) is 7.50. The fourth-order valence-corrected chi connectivity index (χ4v) is 3.94. The van der Waals surface area contributed by atoms with Crippen molar-refractivity contribution < 1.29 is 0 Å². The van der Waals surface area contributed by atoms with Gasteiger partial charge < -0.3 is 10.3 Å². The van der Waals surface area contributed by atoms with Gasteiger partial charge in [0.1, 0.15) is 11.0 Å². The van der Waals surface area contributed by atoms with Gasteiger partial charge in [-0.25, -0.2) is 4.98 Å². The van der Waals surface area contributed by atoms with Gasteiger partial charge in [-0.3, -0.25) is 9.78 Å². The van der Waals surface area contributed by atoms with Crippen molar-refractivity contribution >= 4 is 27.9 Å². The van der Waals surface area contributed by atoms with Crippen LogP contribution >= 0.6 is 0 Å². The standard InChI is InChI=1S/C22H32N4O/c1-2-3-4-5-6-7-8-9-10-13-16-26-18-15-12-11-14-17(18)19-20(26)21(27)25-22(23)24-19/h11-12,14-15H,2-10,13,16H2,1H3,(H3,23,24,25,27). The molecule has 27 heavy (non-hydrogen) atoms. The molecule has 3 N–H and O–H groups in total. The highest BCUT2D eigenvalue weighted by atomic mass is 16.1. The van der Waals surface area contributed by atoms with Gasteiger partial charge in [-0.15, -0.1) is 0 Å². The molecule has 0 aliphatic rings. The summed E-state index contributed by atoms with van der Waals surface area (Å²) < 4.78 is 2.11. The average Bonchev–Trinajstić information content (AvgIpc) is 2.97. The van der Waals surface area contributed by atoms with E-state index in [4.69, 9.17) is 5.73 Å². The molecule has 0 fully saturated rings. The molecule has 0 bridgehead atoms. The minimum Gasteiger partial charge on any atom is -0.369 e. The van der Waals surface area contributed by atoms with Crippen LogP contribution in [0.25, 0.3) is 21.9 Å². The van der Waals surface area contributed by atoms with Crippen LogP contribution in [0.1, 0.15) is 71.1 Å². The van der Waals surface area contributed by atoms with Gasteiger partial charge in [-0.1, -0.05) is 82.9 Å². The predicted molar refractivity (Wildman–Crippen MR) is 114 cm³/mol. The summed E-state index contributed by atoms with van der Waals surface area (Å²) in [6.45, 7) is 3.10. The van der Waals surface area contributed by atoms with Gasteiger partial charge in [0.05, 0.1) is 5.52 Å². The molecule has 3 aromatic rings. The van der Waals surface area contributed by atoms with Gasteiger partial charge >= 0.3 is 0 Å². The maximum Gasteiger partial charge on any atom is 0.276 e. The summed E-state index contributed by atoms with van der Waals surface area (Å²) >= 11 is 0. The summed E-state index contributed by atoms with van der Waals surface area (Å²) in [7, 11) is 0. The Morgan fingerprint density at radius 2 is 1.59 bits per heavy atom. The quantitative estimate of drug-likeness (QED) is 0.446. The molecule has 3 rings (SSSR count). The van der Waals surface area contributed by atoms with Crippen molar-refractivity contribution in [1.82, 2.24) is 14.5 Å². The summed E-state index contributed by atoms with van der Waals surface area (Å²) in [5, 5.41) is 0.998. The summed E-state index contributed by atoms with van der Waals surface area (Å²) in [4.78, 5) is 19.5. The molecule has 0 unspecified atom stereocenters. The van der Waals surface area contributed by atoms with Gasteiger partial charge in [0.15, 0.2) is 0 Å². The number of nitrogens with two attached hydrogens (primary N) is 1. The highest BCUT2D eigenvalue weighted by Gasteiger charge is 2.14. The highest BCUT2D eigenvalue weighted by Crippen LogP contribution is 2.26. The van der Waals surface area contributed by atoms with E-state index in [-0.39, 0.29) is 11.5 Å². The Kier molecular flexibility index (Phi) is 6.91. The molecule has 0 radical (unpaired) electrons. The fraction of sp³-hybridized carbons (Fsp3) is 0.545. The van der Waals surface area contributed by atoms with E-state index in [1.54, 1.807) is 0 Å². The second-order valence-electron chi connectivity index (χ2n) is 7.50. The van der Waals surface area contributed by atoms with Gasteiger partial charge in [0.25, 0.3) is 5.56 Å². The van der Waals surface area contributed by atoms with E-state index in [1.165, 1.54) is 57.8 Å². The first kappa shape index (κ1) is 19.5. The van der Waals surface area contributed by atoms with E-state index in [0.717, 1.165) is 23.9 Å². The van der Waals surface area contributed by atoms with Crippen LogP contribution in [0.5, 0.6) is 0 Å². The lowest BCUT2D eigenvalue weighted by atomic mass is 10.1. The SMILES string of the molecule is CCCCCCCCCCCCn1c2ccccc2c2nc(N)[nH]c(=O)c21. The van der Waals surface area contributed by atoms with E-state index < -0.39 is 0 Å². The van der Waals surface area contributed by atoms with Crippen LogP contribution in [0.15, 0.2) is 29.1 Å². The number of hydrogen-bond acceptors (Lipinski definition) is 3. The molecule has 0 saturated carbocycles. The first-order valence-corrected chi connectivity index (χ1v) is 10.5. The number of H-pyrrole nitrogens is 1. The Labute approximate surface area is 161 Å². The predicted octanol–water partition coefficient (Wildman–Crippen LogP) is 5.38. The first-order chi connectivity index (χ1) is 13.2. The number of fused-ring (bicyclic) bond motifs is 3. The Hall–Kier alpha value is -2.30. The molecule has 0 atom stereocenters. The average molecular weight is 369 g/mol. The van der Waals surface area contributed by atoms with E-state index in [2.05, 4.69) is 27.5 Å². The van der Waals surface area contributed by atoms with Crippen molar-refractivity contribution in [1.29, 1.82) is 0 Å². The van der Waals surface area contributed by atoms with Crippen LogP contribution in [0, 0.1) is 0 Å². The topological polar surface area (TPSA) is 76.7 Å². The molecular weight excluding hydrogens is 336 g/mol. The number of rotatable bonds is 11. The molecule has 0 spiro atoms. The highest BCUT2D eigenvalue weighted by molar-refractivity contribution is 6.05. The molecule has 2 heterocycles. The smallest absolute Gasteiger partial charge is 0.276 e. The molecule has 0 amide bonds.